The summed E-state index contributed by atoms with van der Waals surface area (Å²) in [6.45, 7) is 4.15. The number of hydrogen-bond acceptors (Lipinski definition) is 2. The van der Waals surface area contributed by atoms with Crippen molar-refractivity contribution in [1.29, 1.82) is 0 Å². The highest BCUT2D eigenvalue weighted by molar-refractivity contribution is 5.79. The van der Waals surface area contributed by atoms with Gasteiger partial charge in [0.1, 0.15) is 0 Å². The van der Waals surface area contributed by atoms with E-state index in [1.165, 1.54) is 0 Å². The maximum absolute atomic E-state index is 12.4. The van der Waals surface area contributed by atoms with Gasteiger partial charge in [-0.25, -0.2) is 0 Å². The van der Waals surface area contributed by atoms with Gasteiger partial charge in [-0.2, -0.15) is 0 Å². The van der Waals surface area contributed by atoms with Crippen LogP contribution in [0.1, 0.15) is 31.9 Å². The molecule has 1 N–H and O–H groups in total. The van der Waals surface area contributed by atoms with E-state index in [1.54, 1.807) is 0 Å². The highest BCUT2D eigenvalue weighted by atomic mass is 16.2. The summed E-state index contributed by atoms with van der Waals surface area (Å²) in [5, 5.41) is 9.98. The second kappa shape index (κ2) is 5.36. The number of aliphatic hydroxyl groups is 1. The molecule has 3 heteroatoms. The summed E-state index contributed by atoms with van der Waals surface area (Å²) in [7, 11) is 0. The predicted octanol–water partition coefficient (Wildman–Crippen LogP) is 2.51. The molecule has 1 aromatic carbocycles. The second-order valence-electron chi connectivity index (χ2n) is 4.82. The number of pyridine rings is 1. The van der Waals surface area contributed by atoms with Crippen LogP contribution in [0.25, 0.3) is 10.9 Å². The van der Waals surface area contributed by atoms with Gasteiger partial charge in [0.25, 0.3) is 5.56 Å². The van der Waals surface area contributed by atoms with Crippen LogP contribution in [0.5, 0.6) is 0 Å². The molecule has 96 valence electrons. The molecule has 0 aliphatic carbocycles. The molecule has 0 spiro atoms. The van der Waals surface area contributed by atoms with E-state index >= 15 is 0 Å². The largest absolute Gasteiger partial charge is 0.396 e. The fourth-order valence-electron chi connectivity index (χ4n) is 2.30. The highest BCUT2D eigenvalue weighted by Crippen LogP contribution is 2.17. The van der Waals surface area contributed by atoms with Crippen molar-refractivity contribution < 1.29 is 5.11 Å². The lowest BCUT2D eigenvalue weighted by atomic mass is 10.1. The van der Waals surface area contributed by atoms with Crippen molar-refractivity contribution in [3.8, 4) is 0 Å². The first-order valence-corrected chi connectivity index (χ1v) is 6.39. The molecule has 0 aliphatic rings. The van der Waals surface area contributed by atoms with Crippen molar-refractivity contribution >= 4 is 10.9 Å². The number of aryl methyl sites for hydroxylation is 1. The monoisotopic (exact) mass is 245 g/mol. The van der Waals surface area contributed by atoms with E-state index in [0.717, 1.165) is 16.5 Å². The summed E-state index contributed by atoms with van der Waals surface area (Å²) in [6.07, 6.45) is 1.26. The maximum atomic E-state index is 12.4. The molecule has 1 aromatic heterocycles. The van der Waals surface area contributed by atoms with Gasteiger partial charge in [0.2, 0.25) is 0 Å². The van der Waals surface area contributed by atoms with E-state index in [0.29, 0.717) is 12.8 Å². The van der Waals surface area contributed by atoms with E-state index in [1.807, 2.05) is 48.7 Å². The molecular formula is C15H19NO2. The first kappa shape index (κ1) is 12.8. The summed E-state index contributed by atoms with van der Waals surface area (Å²) >= 11 is 0. The van der Waals surface area contributed by atoms with Crippen molar-refractivity contribution in [2.24, 2.45) is 0 Å². The topological polar surface area (TPSA) is 42.2 Å². The van der Waals surface area contributed by atoms with E-state index in [2.05, 4.69) is 0 Å². The molecule has 18 heavy (non-hydrogen) atoms. The van der Waals surface area contributed by atoms with Gasteiger partial charge in [0.15, 0.2) is 0 Å². The number of rotatable bonds is 4. The van der Waals surface area contributed by atoms with Gasteiger partial charge in [0, 0.05) is 18.2 Å². The lowest BCUT2D eigenvalue weighted by molar-refractivity contribution is 0.288. The molecular weight excluding hydrogens is 226 g/mol. The van der Waals surface area contributed by atoms with Crippen molar-refractivity contribution in [3.63, 3.8) is 0 Å². The van der Waals surface area contributed by atoms with Crippen LogP contribution in [0.15, 0.2) is 35.1 Å². The van der Waals surface area contributed by atoms with Gasteiger partial charge >= 0.3 is 0 Å². The van der Waals surface area contributed by atoms with Crippen LogP contribution in [-0.2, 0) is 6.42 Å². The molecule has 0 unspecified atom stereocenters. The van der Waals surface area contributed by atoms with Gasteiger partial charge in [-0.15, -0.1) is 0 Å². The Morgan fingerprint density at radius 3 is 2.67 bits per heavy atom. The van der Waals surface area contributed by atoms with Crippen molar-refractivity contribution in [1.82, 2.24) is 4.57 Å². The van der Waals surface area contributed by atoms with Gasteiger partial charge in [0.05, 0.1) is 5.52 Å². The van der Waals surface area contributed by atoms with Gasteiger partial charge in [-0.05, 0) is 44.2 Å². The van der Waals surface area contributed by atoms with Crippen molar-refractivity contribution in [3.05, 3.63) is 46.2 Å². The third-order valence-corrected chi connectivity index (χ3v) is 3.14. The first-order chi connectivity index (χ1) is 8.65. The SMILES string of the molecule is CC(C)n1c(=O)c(CCCO)cc2ccccc21. The Morgan fingerprint density at radius 1 is 1.28 bits per heavy atom. The van der Waals surface area contributed by atoms with Crippen LogP contribution in [0.3, 0.4) is 0 Å². The van der Waals surface area contributed by atoms with Crippen LogP contribution in [0, 0.1) is 0 Å². The highest BCUT2D eigenvalue weighted by Gasteiger charge is 2.10. The molecule has 1 heterocycles. The fraction of sp³-hybridized carbons (Fsp3) is 0.400. The molecule has 0 saturated carbocycles. The Morgan fingerprint density at radius 2 is 2.00 bits per heavy atom. The van der Waals surface area contributed by atoms with E-state index < -0.39 is 0 Å². The van der Waals surface area contributed by atoms with Gasteiger partial charge in [-0.1, -0.05) is 18.2 Å². The Balaban J connectivity index is 2.68. The zero-order valence-electron chi connectivity index (χ0n) is 10.9. The summed E-state index contributed by atoms with van der Waals surface area (Å²) in [5.74, 6) is 0. The van der Waals surface area contributed by atoms with Crippen molar-refractivity contribution in [2.75, 3.05) is 6.61 Å². The predicted molar refractivity (Wildman–Crippen MR) is 74.0 cm³/mol. The molecule has 0 aliphatic heterocycles. The molecule has 0 radical (unpaired) electrons. The number of aromatic nitrogens is 1. The summed E-state index contributed by atoms with van der Waals surface area (Å²) in [6, 6.07) is 10.0. The standard InChI is InChI=1S/C15H19NO2/c1-11(2)16-14-8-4-3-6-12(14)10-13(15(16)18)7-5-9-17/h3-4,6,8,10-11,17H,5,7,9H2,1-2H3. The lowest BCUT2D eigenvalue weighted by Crippen LogP contribution is -2.25. The van der Waals surface area contributed by atoms with E-state index in [4.69, 9.17) is 5.11 Å². The molecule has 0 saturated heterocycles. The average Bonchev–Trinajstić information content (AvgIpc) is 2.35. The summed E-state index contributed by atoms with van der Waals surface area (Å²) < 4.78 is 1.84. The lowest BCUT2D eigenvalue weighted by Gasteiger charge is -2.16. The van der Waals surface area contributed by atoms with E-state index in [9.17, 15) is 4.79 Å². The third-order valence-electron chi connectivity index (χ3n) is 3.14. The third kappa shape index (κ3) is 2.31. The second-order valence-corrected chi connectivity index (χ2v) is 4.82. The normalized spacial score (nSPS) is 11.3. The van der Waals surface area contributed by atoms with Crippen LogP contribution < -0.4 is 5.56 Å². The Hall–Kier alpha value is -1.61. The number of para-hydroxylation sites is 1. The molecule has 0 fully saturated rings. The Labute approximate surface area is 107 Å². The van der Waals surface area contributed by atoms with Crippen LogP contribution >= 0.6 is 0 Å². The molecule has 0 amide bonds. The van der Waals surface area contributed by atoms with Gasteiger partial charge < -0.3 is 9.67 Å². The molecule has 3 nitrogen and oxygen atoms in total. The van der Waals surface area contributed by atoms with Gasteiger partial charge in [-0.3, -0.25) is 4.79 Å². The Bertz CT molecular complexity index is 599. The molecule has 0 bridgehead atoms. The minimum Gasteiger partial charge on any atom is -0.396 e. The zero-order chi connectivity index (χ0) is 13.1. The maximum Gasteiger partial charge on any atom is 0.254 e. The minimum atomic E-state index is 0.0668. The molecule has 2 aromatic rings. The minimum absolute atomic E-state index is 0.0668. The fourth-order valence-corrected chi connectivity index (χ4v) is 2.30. The van der Waals surface area contributed by atoms with Crippen LogP contribution in [0.2, 0.25) is 0 Å². The number of nitrogens with zero attached hydrogens (tertiary/aromatic N) is 1. The number of hydrogen-bond donors (Lipinski definition) is 1. The first-order valence-electron chi connectivity index (χ1n) is 6.39. The quantitative estimate of drug-likeness (QED) is 0.899. The number of benzene rings is 1. The zero-order valence-corrected chi connectivity index (χ0v) is 10.9. The van der Waals surface area contributed by atoms with Crippen LogP contribution in [-0.4, -0.2) is 16.3 Å². The average molecular weight is 245 g/mol. The molecule has 2 rings (SSSR count). The summed E-state index contributed by atoms with van der Waals surface area (Å²) in [5.41, 5.74) is 1.83. The van der Waals surface area contributed by atoms with Crippen molar-refractivity contribution in [2.45, 2.75) is 32.7 Å². The summed E-state index contributed by atoms with van der Waals surface area (Å²) in [4.78, 5) is 12.4. The van der Waals surface area contributed by atoms with E-state index in [-0.39, 0.29) is 18.2 Å². The molecule has 0 atom stereocenters. The number of fused-ring (bicyclic) bond motifs is 1. The smallest absolute Gasteiger partial charge is 0.254 e. The number of aliphatic hydroxyl groups excluding tert-OH is 1. The Kier molecular flexibility index (Phi) is 3.82. The van der Waals surface area contributed by atoms with Crippen LogP contribution in [0.4, 0.5) is 0 Å².